The molecular formula is C22H30N2O3. The van der Waals surface area contributed by atoms with E-state index >= 15 is 0 Å². The van der Waals surface area contributed by atoms with Crippen LogP contribution in [0.3, 0.4) is 0 Å². The summed E-state index contributed by atoms with van der Waals surface area (Å²) in [5.41, 5.74) is 3.09. The summed E-state index contributed by atoms with van der Waals surface area (Å²) in [7, 11) is 2.27. The zero-order chi connectivity index (χ0) is 19.0. The van der Waals surface area contributed by atoms with Crippen molar-refractivity contribution >= 4 is 11.9 Å². The average molecular weight is 370 g/mol. The zero-order valence-corrected chi connectivity index (χ0v) is 16.4. The second kappa shape index (κ2) is 7.27. The number of hydrogen-bond acceptors (Lipinski definition) is 4. The van der Waals surface area contributed by atoms with Gasteiger partial charge in [0.2, 0.25) is 5.91 Å². The Kier molecular flexibility index (Phi) is 4.97. The van der Waals surface area contributed by atoms with Crippen molar-refractivity contribution in [2.45, 2.75) is 63.3 Å². The molecule has 1 N–H and O–H groups in total. The van der Waals surface area contributed by atoms with Gasteiger partial charge in [-0.1, -0.05) is 25.8 Å². The lowest BCUT2D eigenvalue weighted by Crippen LogP contribution is -2.59. The smallest absolute Gasteiger partial charge is 0.330 e. The lowest BCUT2D eigenvalue weighted by Gasteiger charge is -2.58. The molecule has 1 heterocycles. The van der Waals surface area contributed by atoms with Gasteiger partial charge in [-0.25, -0.2) is 4.79 Å². The van der Waals surface area contributed by atoms with Gasteiger partial charge in [-0.2, -0.15) is 0 Å². The summed E-state index contributed by atoms with van der Waals surface area (Å²) in [6.45, 7) is 2.83. The molecule has 0 radical (unpaired) electrons. The van der Waals surface area contributed by atoms with E-state index in [4.69, 9.17) is 4.74 Å². The Bertz CT molecular complexity index is 747. The second-order valence-electron chi connectivity index (χ2n) is 8.43. The zero-order valence-electron chi connectivity index (χ0n) is 16.4. The molecule has 3 aliphatic rings. The third-order valence-corrected chi connectivity index (χ3v) is 7.07. The number of nitrogens with zero attached hydrogens (tertiary/aromatic N) is 1. The third-order valence-electron chi connectivity index (χ3n) is 7.07. The van der Waals surface area contributed by atoms with Crippen LogP contribution in [0.1, 0.15) is 56.6 Å². The Morgan fingerprint density at radius 2 is 2.15 bits per heavy atom. The number of likely N-dealkylation sites (N-methyl/N-ethyl adjacent to an activating group) is 1. The van der Waals surface area contributed by atoms with Crippen LogP contribution in [0.5, 0.6) is 5.75 Å². The summed E-state index contributed by atoms with van der Waals surface area (Å²) >= 11 is 0. The van der Waals surface area contributed by atoms with E-state index in [0.717, 1.165) is 13.0 Å². The number of fused-ring (bicyclic) bond motifs is 1. The van der Waals surface area contributed by atoms with Gasteiger partial charge in [0.1, 0.15) is 12.3 Å². The largest absolute Gasteiger partial charge is 0.425 e. The number of amides is 1. The van der Waals surface area contributed by atoms with Crippen LogP contribution in [-0.4, -0.2) is 43.0 Å². The van der Waals surface area contributed by atoms with Gasteiger partial charge in [-0.3, -0.25) is 4.79 Å². The molecule has 27 heavy (non-hydrogen) atoms. The molecule has 0 spiro atoms. The molecule has 2 aliphatic carbocycles. The number of nitrogens with one attached hydrogen (secondary N) is 1. The van der Waals surface area contributed by atoms with Gasteiger partial charge in [0.05, 0.1) is 0 Å². The van der Waals surface area contributed by atoms with E-state index < -0.39 is 5.97 Å². The third kappa shape index (κ3) is 3.27. The Morgan fingerprint density at radius 1 is 1.30 bits per heavy atom. The van der Waals surface area contributed by atoms with Crippen LogP contribution in [0.25, 0.3) is 0 Å². The summed E-state index contributed by atoms with van der Waals surface area (Å²) in [5.74, 6) is 0.776. The minimum Gasteiger partial charge on any atom is -0.425 e. The lowest BCUT2D eigenvalue weighted by atomic mass is 9.52. The summed E-state index contributed by atoms with van der Waals surface area (Å²) < 4.78 is 5.55. The van der Waals surface area contributed by atoms with Crippen LogP contribution in [0.15, 0.2) is 18.2 Å². The summed E-state index contributed by atoms with van der Waals surface area (Å²) in [4.78, 5) is 26.0. The molecule has 5 heteroatoms. The predicted octanol–water partition coefficient (Wildman–Crippen LogP) is 2.81. The molecule has 2 fully saturated rings. The van der Waals surface area contributed by atoms with Gasteiger partial charge in [-0.05, 0) is 68.5 Å². The van der Waals surface area contributed by atoms with Crippen molar-refractivity contribution in [3.63, 3.8) is 0 Å². The van der Waals surface area contributed by atoms with E-state index in [1.54, 1.807) is 6.92 Å². The molecule has 1 aromatic rings. The SMILES string of the molecule is CCC(=O)NCC(=O)Oc1ccc2c(c1)[C@@]13CCCC[C@H]1[C@@H](C2)N(C)CC3. The highest BCUT2D eigenvalue weighted by Crippen LogP contribution is 2.55. The molecule has 4 rings (SSSR count). The molecule has 5 nitrogen and oxygen atoms in total. The molecule has 1 amide bonds. The van der Waals surface area contributed by atoms with Gasteiger partial charge in [0.15, 0.2) is 0 Å². The first-order chi connectivity index (χ1) is 13.0. The van der Waals surface area contributed by atoms with E-state index in [1.807, 2.05) is 6.07 Å². The second-order valence-corrected chi connectivity index (χ2v) is 8.43. The maximum absolute atomic E-state index is 12.1. The highest BCUT2D eigenvalue weighted by molar-refractivity contribution is 5.82. The number of ether oxygens (including phenoxy) is 1. The number of likely N-dealkylation sites (tertiary alicyclic amines) is 1. The van der Waals surface area contributed by atoms with Crippen molar-refractivity contribution in [1.82, 2.24) is 10.2 Å². The number of esters is 1. The number of carbonyl (C=O) groups is 2. The first-order valence-corrected chi connectivity index (χ1v) is 10.3. The van der Waals surface area contributed by atoms with E-state index in [2.05, 4.69) is 29.4 Å². The number of benzene rings is 1. The van der Waals surface area contributed by atoms with E-state index in [-0.39, 0.29) is 17.9 Å². The molecule has 0 aromatic heterocycles. The van der Waals surface area contributed by atoms with Gasteiger partial charge in [0.25, 0.3) is 0 Å². The quantitative estimate of drug-likeness (QED) is 0.654. The normalized spacial score (nSPS) is 29.4. The average Bonchev–Trinajstić information content (AvgIpc) is 2.69. The molecule has 2 bridgehead atoms. The van der Waals surface area contributed by atoms with E-state index in [0.29, 0.717) is 24.1 Å². The summed E-state index contributed by atoms with van der Waals surface area (Å²) in [5, 5.41) is 2.58. The molecule has 146 valence electrons. The number of piperidine rings is 1. The van der Waals surface area contributed by atoms with Gasteiger partial charge in [0, 0.05) is 17.9 Å². The van der Waals surface area contributed by atoms with Crippen molar-refractivity contribution in [3.8, 4) is 5.75 Å². The highest BCUT2D eigenvalue weighted by atomic mass is 16.5. The minimum atomic E-state index is -0.411. The Hall–Kier alpha value is -1.88. The van der Waals surface area contributed by atoms with E-state index in [1.165, 1.54) is 43.2 Å². The molecule has 1 aliphatic heterocycles. The predicted molar refractivity (Wildman–Crippen MR) is 104 cm³/mol. The molecule has 1 saturated heterocycles. The number of hydrogen-bond donors (Lipinski definition) is 1. The van der Waals surface area contributed by atoms with Crippen LogP contribution < -0.4 is 10.1 Å². The number of carbonyl (C=O) groups excluding carboxylic acids is 2. The Morgan fingerprint density at radius 3 is 2.96 bits per heavy atom. The van der Waals surface area contributed by atoms with Crippen LogP contribution in [-0.2, 0) is 21.4 Å². The van der Waals surface area contributed by atoms with Gasteiger partial charge < -0.3 is 15.0 Å². The first-order valence-electron chi connectivity index (χ1n) is 10.3. The van der Waals surface area contributed by atoms with Crippen molar-refractivity contribution in [2.24, 2.45) is 5.92 Å². The van der Waals surface area contributed by atoms with Crippen molar-refractivity contribution in [1.29, 1.82) is 0 Å². The lowest BCUT2D eigenvalue weighted by molar-refractivity contribution is -0.135. The highest BCUT2D eigenvalue weighted by Gasteiger charge is 2.53. The fourth-order valence-corrected chi connectivity index (χ4v) is 5.70. The van der Waals surface area contributed by atoms with E-state index in [9.17, 15) is 9.59 Å². The van der Waals surface area contributed by atoms with Crippen molar-refractivity contribution in [2.75, 3.05) is 20.1 Å². The number of rotatable bonds is 4. The van der Waals surface area contributed by atoms with Gasteiger partial charge in [-0.15, -0.1) is 0 Å². The molecular weight excluding hydrogens is 340 g/mol. The van der Waals surface area contributed by atoms with Crippen LogP contribution >= 0.6 is 0 Å². The molecule has 1 saturated carbocycles. The summed E-state index contributed by atoms with van der Waals surface area (Å²) in [6, 6.07) is 6.83. The minimum absolute atomic E-state index is 0.0790. The Balaban J connectivity index is 1.58. The maximum atomic E-state index is 12.1. The van der Waals surface area contributed by atoms with Crippen molar-refractivity contribution < 1.29 is 14.3 Å². The fourth-order valence-electron chi connectivity index (χ4n) is 5.70. The molecule has 0 unspecified atom stereocenters. The van der Waals surface area contributed by atoms with Crippen LogP contribution in [0, 0.1) is 5.92 Å². The fraction of sp³-hybridized carbons (Fsp3) is 0.636. The Labute approximate surface area is 161 Å². The monoisotopic (exact) mass is 370 g/mol. The first kappa shape index (κ1) is 18.5. The van der Waals surface area contributed by atoms with Crippen LogP contribution in [0.4, 0.5) is 0 Å². The van der Waals surface area contributed by atoms with Crippen LogP contribution in [0.2, 0.25) is 0 Å². The maximum Gasteiger partial charge on any atom is 0.330 e. The standard InChI is InChI=1S/C22H30N2O3/c1-3-20(25)23-14-21(26)27-16-8-7-15-12-19-17-6-4-5-9-22(17,18(15)13-16)10-11-24(19)2/h7-8,13,17,19H,3-6,9-12,14H2,1-2H3,(H,23,25)/t17-,19+,22+/m0/s1. The summed E-state index contributed by atoms with van der Waals surface area (Å²) in [6.07, 6.45) is 7.84. The van der Waals surface area contributed by atoms with Crippen molar-refractivity contribution in [3.05, 3.63) is 29.3 Å². The molecule has 3 atom stereocenters. The van der Waals surface area contributed by atoms with Gasteiger partial charge >= 0.3 is 5.97 Å². The topological polar surface area (TPSA) is 58.6 Å². The molecule has 1 aromatic carbocycles.